The Balaban J connectivity index is 4.85. The smallest absolute Gasteiger partial charge is 0.414 e. The normalized spacial score (nSPS) is 12.8. The third-order valence-electron chi connectivity index (χ3n) is 1.78. The van der Waals surface area contributed by atoms with Gasteiger partial charge in [-0.2, -0.15) is 0 Å². The molecule has 0 saturated carbocycles. The molecule has 0 aliphatic rings. The van der Waals surface area contributed by atoms with Crippen molar-refractivity contribution >= 4 is 18.0 Å². The number of imide groups is 1. The van der Waals surface area contributed by atoms with Crippen molar-refractivity contribution in [2.75, 3.05) is 6.54 Å². The van der Waals surface area contributed by atoms with Crippen molar-refractivity contribution in [1.82, 2.24) is 4.90 Å². The number of rotatable bonds is 3. The largest absolute Gasteiger partial charge is 0.465 e. The molecule has 0 unspecified atom stereocenters. The molecule has 1 atom stereocenters. The van der Waals surface area contributed by atoms with E-state index in [0.29, 0.717) is 4.90 Å². The van der Waals surface area contributed by atoms with E-state index >= 15 is 0 Å². The van der Waals surface area contributed by atoms with E-state index in [1.165, 1.54) is 6.92 Å². The molecule has 0 aromatic heterocycles. The Labute approximate surface area is 99.5 Å². The molecule has 0 aromatic carbocycles. The van der Waals surface area contributed by atoms with E-state index in [-0.39, 0.29) is 0 Å². The molecular formula is C10H18N2O5. The third kappa shape index (κ3) is 4.81. The predicted octanol–water partition coefficient (Wildman–Crippen LogP) is 0.182. The van der Waals surface area contributed by atoms with Crippen molar-refractivity contribution in [2.24, 2.45) is 5.73 Å². The van der Waals surface area contributed by atoms with E-state index in [4.69, 9.17) is 15.6 Å². The molecular weight excluding hydrogens is 228 g/mol. The number of carboxylic acid groups (broad SMARTS) is 1. The maximum atomic E-state index is 11.6. The summed E-state index contributed by atoms with van der Waals surface area (Å²) in [6.07, 6.45) is -1.53. The number of amides is 2. The van der Waals surface area contributed by atoms with Crippen molar-refractivity contribution in [3.8, 4) is 0 Å². The van der Waals surface area contributed by atoms with Crippen molar-refractivity contribution < 1.29 is 24.2 Å². The highest BCUT2D eigenvalue weighted by Crippen LogP contribution is 2.11. The Kier molecular flexibility index (Phi) is 5.09. The standard InChI is InChI=1S/C10H18N2O5/c1-6(8(14)17-10(2,3)4)12(9(15)16)7(13)5-11/h6H,5,11H2,1-4H3,(H,15,16)/t6-/m0/s1. The van der Waals surface area contributed by atoms with Crippen molar-refractivity contribution in [2.45, 2.75) is 39.3 Å². The van der Waals surface area contributed by atoms with Crippen LogP contribution < -0.4 is 5.73 Å². The van der Waals surface area contributed by atoms with Gasteiger partial charge in [-0.1, -0.05) is 0 Å². The summed E-state index contributed by atoms with van der Waals surface area (Å²) in [4.78, 5) is 34.1. The van der Waals surface area contributed by atoms with Gasteiger partial charge in [0.2, 0.25) is 5.91 Å². The zero-order valence-corrected chi connectivity index (χ0v) is 10.4. The van der Waals surface area contributed by atoms with Gasteiger partial charge < -0.3 is 15.6 Å². The lowest BCUT2D eigenvalue weighted by Gasteiger charge is -2.26. The van der Waals surface area contributed by atoms with Gasteiger partial charge in [-0.3, -0.25) is 4.79 Å². The van der Waals surface area contributed by atoms with Gasteiger partial charge in [0.25, 0.3) is 0 Å². The number of carbonyl (C=O) groups excluding carboxylic acids is 2. The minimum Gasteiger partial charge on any atom is -0.465 e. The Morgan fingerprint density at radius 2 is 1.82 bits per heavy atom. The number of hydrogen-bond acceptors (Lipinski definition) is 5. The molecule has 0 aliphatic heterocycles. The van der Waals surface area contributed by atoms with Crippen molar-refractivity contribution in [3.05, 3.63) is 0 Å². The third-order valence-corrected chi connectivity index (χ3v) is 1.78. The first-order valence-corrected chi connectivity index (χ1v) is 5.08. The van der Waals surface area contributed by atoms with Gasteiger partial charge in [-0.15, -0.1) is 0 Å². The highest BCUT2D eigenvalue weighted by Gasteiger charge is 2.33. The second-order valence-corrected chi connectivity index (χ2v) is 4.46. The van der Waals surface area contributed by atoms with Crippen LogP contribution in [-0.4, -0.2) is 46.2 Å². The van der Waals surface area contributed by atoms with Crippen molar-refractivity contribution in [3.63, 3.8) is 0 Å². The highest BCUT2D eigenvalue weighted by atomic mass is 16.6. The lowest BCUT2D eigenvalue weighted by atomic mass is 10.2. The van der Waals surface area contributed by atoms with Crippen LogP contribution in [0.15, 0.2) is 0 Å². The Bertz CT molecular complexity index is 321. The van der Waals surface area contributed by atoms with Crippen molar-refractivity contribution in [1.29, 1.82) is 0 Å². The minimum absolute atomic E-state index is 0.369. The molecule has 0 saturated heterocycles. The first kappa shape index (κ1) is 15.4. The highest BCUT2D eigenvalue weighted by molar-refractivity contribution is 5.96. The van der Waals surface area contributed by atoms with Gasteiger partial charge in [0, 0.05) is 0 Å². The molecule has 0 rings (SSSR count). The first-order valence-electron chi connectivity index (χ1n) is 5.08. The molecule has 0 bridgehead atoms. The average Bonchev–Trinajstić information content (AvgIpc) is 2.14. The quantitative estimate of drug-likeness (QED) is 0.687. The summed E-state index contributed by atoms with van der Waals surface area (Å²) in [6.45, 7) is 5.73. The summed E-state index contributed by atoms with van der Waals surface area (Å²) in [5, 5.41) is 8.83. The SMILES string of the molecule is C[C@@H](C(=O)OC(C)(C)C)N(C(=O)O)C(=O)CN. The fourth-order valence-electron chi connectivity index (χ4n) is 1.08. The first-order chi connectivity index (χ1) is 7.60. The number of hydrogen-bond donors (Lipinski definition) is 2. The number of ether oxygens (including phenoxy) is 1. The van der Waals surface area contributed by atoms with E-state index in [0.717, 1.165) is 0 Å². The molecule has 0 aromatic rings. The van der Waals surface area contributed by atoms with E-state index in [9.17, 15) is 14.4 Å². The maximum absolute atomic E-state index is 11.6. The Morgan fingerprint density at radius 3 is 2.12 bits per heavy atom. The van der Waals surface area contributed by atoms with Gasteiger partial charge in [-0.05, 0) is 27.7 Å². The Morgan fingerprint density at radius 1 is 1.35 bits per heavy atom. The van der Waals surface area contributed by atoms with E-state index < -0.39 is 36.2 Å². The zero-order chi connectivity index (χ0) is 13.8. The molecule has 7 nitrogen and oxygen atoms in total. The van der Waals surface area contributed by atoms with Crippen LogP contribution in [0, 0.1) is 0 Å². The Hall–Kier alpha value is -1.63. The molecule has 7 heteroatoms. The zero-order valence-electron chi connectivity index (χ0n) is 10.4. The molecule has 0 heterocycles. The number of nitrogens with zero attached hydrogens (tertiary/aromatic N) is 1. The summed E-state index contributed by atoms with van der Waals surface area (Å²) in [5.74, 6) is -1.64. The van der Waals surface area contributed by atoms with Crippen LogP contribution in [0.2, 0.25) is 0 Å². The monoisotopic (exact) mass is 246 g/mol. The molecule has 0 spiro atoms. The number of nitrogens with two attached hydrogens (primary N) is 1. The van der Waals surface area contributed by atoms with E-state index in [2.05, 4.69) is 0 Å². The molecule has 3 N–H and O–H groups in total. The predicted molar refractivity (Wildman–Crippen MR) is 59.2 cm³/mol. The van der Waals surface area contributed by atoms with Gasteiger partial charge in [-0.25, -0.2) is 14.5 Å². The van der Waals surface area contributed by atoms with Gasteiger partial charge in [0.15, 0.2) is 0 Å². The van der Waals surface area contributed by atoms with E-state index in [1.54, 1.807) is 20.8 Å². The second-order valence-electron chi connectivity index (χ2n) is 4.46. The van der Waals surface area contributed by atoms with Crippen LogP contribution in [0.3, 0.4) is 0 Å². The van der Waals surface area contributed by atoms with Crippen LogP contribution in [-0.2, 0) is 14.3 Å². The molecule has 0 aliphatic carbocycles. The second kappa shape index (κ2) is 5.62. The van der Waals surface area contributed by atoms with Crippen LogP contribution >= 0.6 is 0 Å². The van der Waals surface area contributed by atoms with E-state index in [1.807, 2.05) is 0 Å². The summed E-state index contributed by atoms with van der Waals surface area (Å²) in [5.41, 5.74) is 4.32. The lowest BCUT2D eigenvalue weighted by Crippen LogP contribution is -2.50. The molecule has 0 radical (unpaired) electrons. The number of carbonyl (C=O) groups is 3. The summed E-state index contributed by atoms with van der Waals surface area (Å²) in [6, 6.07) is -1.22. The summed E-state index contributed by atoms with van der Waals surface area (Å²) >= 11 is 0. The average molecular weight is 246 g/mol. The molecule has 17 heavy (non-hydrogen) atoms. The lowest BCUT2D eigenvalue weighted by molar-refractivity contribution is -0.162. The minimum atomic E-state index is -1.53. The molecule has 2 amide bonds. The molecule has 0 fully saturated rings. The topological polar surface area (TPSA) is 110 Å². The maximum Gasteiger partial charge on any atom is 0.414 e. The summed E-state index contributed by atoms with van der Waals surface area (Å²) in [7, 11) is 0. The van der Waals surface area contributed by atoms with Gasteiger partial charge in [0.1, 0.15) is 11.6 Å². The van der Waals surface area contributed by atoms with Crippen LogP contribution in [0.5, 0.6) is 0 Å². The van der Waals surface area contributed by atoms with Crippen LogP contribution in [0.1, 0.15) is 27.7 Å². The number of esters is 1. The van der Waals surface area contributed by atoms with Crippen LogP contribution in [0.4, 0.5) is 4.79 Å². The summed E-state index contributed by atoms with van der Waals surface area (Å²) < 4.78 is 4.99. The van der Waals surface area contributed by atoms with Crippen LogP contribution in [0.25, 0.3) is 0 Å². The van der Waals surface area contributed by atoms with Gasteiger partial charge in [0.05, 0.1) is 6.54 Å². The fourth-order valence-corrected chi connectivity index (χ4v) is 1.08. The fraction of sp³-hybridized carbons (Fsp3) is 0.700. The van der Waals surface area contributed by atoms with Gasteiger partial charge >= 0.3 is 12.1 Å². The molecule has 98 valence electrons.